The number of aromatic nitrogens is 5. The fourth-order valence-electron chi connectivity index (χ4n) is 4.26. The number of amides is 1. The number of nitrogens with zero attached hydrogens (tertiary/aromatic N) is 6. The van der Waals surface area contributed by atoms with Gasteiger partial charge in [-0.2, -0.15) is 5.10 Å². The highest BCUT2D eigenvalue weighted by atomic mass is 79.9. The van der Waals surface area contributed by atoms with E-state index in [1.807, 2.05) is 12.1 Å². The maximum Gasteiger partial charge on any atom is 0.274 e. The number of carbonyl (C=O) groups is 1. The van der Waals surface area contributed by atoms with Gasteiger partial charge in [0, 0.05) is 30.9 Å². The normalized spacial score (nSPS) is 15.8. The number of fused-ring (bicyclic) bond motifs is 2. The lowest BCUT2D eigenvalue weighted by Gasteiger charge is -2.27. The van der Waals surface area contributed by atoms with E-state index in [9.17, 15) is 13.6 Å². The number of benzene rings is 1. The predicted molar refractivity (Wildman–Crippen MR) is 124 cm³/mol. The van der Waals surface area contributed by atoms with Gasteiger partial charge in [0.1, 0.15) is 24.0 Å². The number of rotatable bonds is 5. The summed E-state index contributed by atoms with van der Waals surface area (Å²) in [5, 5.41) is 4.36. The van der Waals surface area contributed by atoms with Gasteiger partial charge in [-0.3, -0.25) is 9.36 Å². The molecule has 9 nitrogen and oxygen atoms in total. The molecule has 5 heterocycles. The van der Waals surface area contributed by atoms with E-state index in [0.29, 0.717) is 53.6 Å². The summed E-state index contributed by atoms with van der Waals surface area (Å²) in [4.78, 5) is 23.0. The number of carbonyl (C=O) groups excluding carboxylic acids is 1. The molecule has 0 atom stereocenters. The summed E-state index contributed by atoms with van der Waals surface area (Å²) in [6, 6.07) is 6.50. The Labute approximate surface area is 206 Å². The maximum absolute atomic E-state index is 14.0. The fourth-order valence-corrected chi connectivity index (χ4v) is 4.68. The van der Waals surface area contributed by atoms with Gasteiger partial charge in [-0.1, -0.05) is 0 Å². The number of pyridine rings is 1. The standard InChI is InChI=1S/C23H19BrF2N6O3/c1-11-14-7-30(2)23(33)20(14)29-32(11)22-13(21(25)26)3-4-19(28-22)31-10-27-16-5-15(24)18(6-17(16)31)35-12-8-34-9-12/h3-6,10,12,21H,7-9H2,1-2H3. The predicted octanol–water partition coefficient (Wildman–Crippen LogP) is 3.98. The van der Waals surface area contributed by atoms with Gasteiger partial charge in [0.05, 0.1) is 34.3 Å². The number of ether oxygens (including phenoxy) is 2. The number of alkyl halides is 2. The number of hydrogen-bond acceptors (Lipinski definition) is 6. The number of halogens is 3. The molecule has 12 heteroatoms. The van der Waals surface area contributed by atoms with Crippen molar-refractivity contribution in [2.45, 2.75) is 26.0 Å². The molecule has 0 spiro atoms. The zero-order valence-corrected chi connectivity index (χ0v) is 20.3. The lowest BCUT2D eigenvalue weighted by atomic mass is 10.2. The van der Waals surface area contributed by atoms with Gasteiger partial charge in [-0.15, -0.1) is 0 Å². The first-order valence-electron chi connectivity index (χ1n) is 10.9. The van der Waals surface area contributed by atoms with Crippen LogP contribution in [0.2, 0.25) is 0 Å². The van der Waals surface area contributed by atoms with E-state index in [2.05, 4.69) is 31.0 Å². The van der Waals surface area contributed by atoms with Crippen LogP contribution in [0.15, 0.2) is 35.1 Å². The summed E-state index contributed by atoms with van der Waals surface area (Å²) in [5.74, 6) is 0.735. The second-order valence-electron chi connectivity index (χ2n) is 8.53. The van der Waals surface area contributed by atoms with Crippen molar-refractivity contribution in [3.05, 3.63) is 57.6 Å². The topological polar surface area (TPSA) is 87.3 Å². The van der Waals surface area contributed by atoms with Gasteiger partial charge in [-0.05, 0) is 41.1 Å². The number of imidazole rings is 1. The van der Waals surface area contributed by atoms with Crippen molar-refractivity contribution >= 4 is 32.9 Å². The Kier molecular flexibility index (Phi) is 5.11. The largest absolute Gasteiger partial charge is 0.484 e. The molecule has 0 N–H and O–H groups in total. The third-order valence-corrected chi connectivity index (χ3v) is 6.88. The van der Waals surface area contributed by atoms with E-state index in [4.69, 9.17) is 9.47 Å². The molecule has 1 aromatic carbocycles. The smallest absolute Gasteiger partial charge is 0.274 e. The van der Waals surface area contributed by atoms with Crippen molar-refractivity contribution in [2.24, 2.45) is 0 Å². The van der Waals surface area contributed by atoms with E-state index in [0.717, 1.165) is 4.47 Å². The monoisotopic (exact) mass is 544 g/mol. The highest BCUT2D eigenvalue weighted by molar-refractivity contribution is 9.10. The molecule has 6 rings (SSSR count). The first kappa shape index (κ1) is 22.1. The second kappa shape index (κ2) is 8.09. The lowest BCUT2D eigenvalue weighted by Crippen LogP contribution is -2.38. The Hall–Kier alpha value is -3.38. The molecule has 3 aromatic heterocycles. The molecule has 0 saturated carbocycles. The minimum atomic E-state index is -2.77. The first-order chi connectivity index (χ1) is 16.8. The Balaban J connectivity index is 1.47. The quantitative estimate of drug-likeness (QED) is 0.377. The number of hydrogen-bond donors (Lipinski definition) is 0. The van der Waals surface area contributed by atoms with Crippen LogP contribution in [0.3, 0.4) is 0 Å². The van der Waals surface area contributed by atoms with Crippen LogP contribution in [0.25, 0.3) is 22.7 Å². The zero-order valence-electron chi connectivity index (χ0n) is 18.7. The molecule has 2 aliphatic heterocycles. The highest BCUT2D eigenvalue weighted by Gasteiger charge is 2.32. The van der Waals surface area contributed by atoms with Gasteiger partial charge < -0.3 is 14.4 Å². The summed E-state index contributed by atoms with van der Waals surface area (Å²) in [5.41, 5.74) is 2.67. The third kappa shape index (κ3) is 3.50. The summed E-state index contributed by atoms with van der Waals surface area (Å²) in [6.07, 6.45) is -1.22. The average Bonchev–Trinajstić information content (AvgIpc) is 3.44. The van der Waals surface area contributed by atoms with Crippen LogP contribution in [0.1, 0.15) is 33.7 Å². The molecule has 180 valence electrons. The van der Waals surface area contributed by atoms with Crippen molar-refractivity contribution in [3.63, 3.8) is 0 Å². The van der Waals surface area contributed by atoms with Crippen molar-refractivity contribution in [1.82, 2.24) is 29.2 Å². The van der Waals surface area contributed by atoms with Gasteiger partial charge in [0.25, 0.3) is 12.3 Å². The Morgan fingerprint density at radius 3 is 2.74 bits per heavy atom. The molecule has 1 fully saturated rings. The Bertz CT molecular complexity index is 1500. The molecule has 0 aliphatic carbocycles. The van der Waals surface area contributed by atoms with Gasteiger partial charge >= 0.3 is 0 Å². The maximum atomic E-state index is 14.0. The van der Waals surface area contributed by atoms with Gasteiger partial charge in [-0.25, -0.2) is 23.4 Å². The average molecular weight is 545 g/mol. The Morgan fingerprint density at radius 1 is 1.26 bits per heavy atom. The molecule has 35 heavy (non-hydrogen) atoms. The van der Waals surface area contributed by atoms with Crippen LogP contribution in [0.5, 0.6) is 5.75 Å². The third-order valence-electron chi connectivity index (χ3n) is 6.26. The summed E-state index contributed by atoms with van der Waals surface area (Å²) >= 11 is 3.51. The lowest BCUT2D eigenvalue weighted by molar-refractivity contribution is -0.0799. The van der Waals surface area contributed by atoms with Crippen LogP contribution in [-0.2, 0) is 11.3 Å². The van der Waals surface area contributed by atoms with Gasteiger partial charge in [0.15, 0.2) is 11.5 Å². The van der Waals surface area contributed by atoms with Crippen LogP contribution in [0.4, 0.5) is 8.78 Å². The molecular weight excluding hydrogens is 526 g/mol. The van der Waals surface area contributed by atoms with Crippen molar-refractivity contribution in [3.8, 4) is 17.4 Å². The first-order valence-corrected chi connectivity index (χ1v) is 11.7. The SMILES string of the molecule is Cc1c2c(nn1-c1nc(-n3cnc4cc(Br)c(OC5COC5)cc43)ccc1C(F)F)C(=O)N(C)C2. The minimum Gasteiger partial charge on any atom is -0.484 e. The van der Waals surface area contributed by atoms with E-state index in [-0.39, 0.29) is 29.1 Å². The molecule has 0 bridgehead atoms. The summed E-state index contributed by atoms with van der Waals surface area (Å²) in [7, 11) is 1.68. The van der Waals surface area contributed by atoms with Crippen molar-refractivity contribution in [2.75, 3.05) is 20.3 Å². The molecule has 0 unspecified atom stereocenters. The fraction of sp³-hybridized carbons (Fsp3) is 0.304. The minimum absolute atomic E-state index is 0.0260. The molecule has 2 aliphatic rings. The molecule has 4 aromatic rings. The van der Waals surface area contributed by atoms with Crippen LogP contribution >= 0.6 is 15.9 Å². The molecule has 0 radical (unpaired) electrons. The second-order valence-corrected chi connectivity index (χ2v) is 9.39. The summed E-state index contributed by atoms with van der Waals surface area (Å²) in [6.45, 7) is 3.17. The van der Waals surface area contributed by atoms with Crippen molar-refractivity contribution < 1.29 is 23.0 Å². The van der Waals surface area contributed by atoms with Crippen molar-refractivity contribution in [1.29, 1.82) is 0 Å². The molecule has 1 saturated heterocycles. The van der Waals surface area contributed by atoms with E-state index in [1.54, 1.807) is 24.9 Å². The van der Waals surface area contributed by atoms with E-state index >= 15 is 0 Å². The van der Waals surface area contributed by atoms with Gasteiger partial charge in [0.2, 0.25) is 0 Å². The zero-order chi connectivity index (χ0) is 24.4. The Morgan fingerprint density at radius 2 is 2.06 bits per heavy atom. The highest BCUT2D eigenvalue weighted by Crippen LogP contribution is 2.34. The molecule has 1 amide bonds. The van der Waals surface area contributed by atoms with Crippen LogP contribution in [-0.4, -0.2) is 61.5 Å². The van der Waals surface area contributed by atoms with Crippen LogP contribution < -0.4 is 4.74 Å². The molecular formula is C23H19BrF2N6O3. The van der Waals surface area contributed by atoms with Crippen LogP contribution in [0, 0.1) is 6.92 Å². The van der Waals surface area contributed by atoms with E-state index < -0.39 is 6.43 Å². The summed E-state index contributed by atoms with van der Waals surface area (Å²) < 4.78 is 42.9. The van der Waals surface area contributed by atoms with E-state index in [1.165, 1.54) is 21.7 Å².